The highest BCUT2D eigenvalue weighted by atomic mass is 35.5. The Balaban J connectivity index is 1.86. The lowest BCUT2D eigenvalue weighted by Crippen LogP contribution is -2.20. The van der Waals surface area contributed by atoms with Crippen LogP contribution in [-0.4, -0.2) is 17.8 Å². The van der Waals surface area contributed by atoms with Crippen molar-refractivity contribution in [2.75, 3.05) is 6.61 Å². The highest BCUT2D eigenvalue weighted by Gasteiger charge is 2.09. The number of halogens is 2. The van der Waals surface area contributed by atoms with E-state index in [9.17, 15) is 5.11 Å². The number of rotatable bonds is 5. The maximum Gasteiger partial charge on any atom is 0.119 e. The van der Waals surface area contributed by atoms with Gasteiger partial charge in [0.25, 0.3) is 0 Å². The number of aliphatic hydroxyl groups excluding tert-OH is 1. The molecular formula is C15H14Cl2O2. The summed E-state index contributed by atoms with van der Waals surface area (Å²) in [5.74, 6) is 0.683. The summed E-state index contributed by atoms with van der Waals surface area (Å²) in [6.07, 6.45) is -0.136. The number of benzene rings is 2. The first-order valence-electron chi connectivity index (χ1n) is 5.95. The fourth-order valence-corrected chi connectivity index (χ4v) is 2.04. The zero-order valence-corrected chi connectivity index (χ0v) is 11.7. The molecule has 2 rings (SSSR count). The lowest BCUT2D eigenvalue weighted by Gasteiger charge is -2.13. The van der Waals surface area contributed by atoms with Gasteiger partial charge in [-0.15, -0.1) is 0 Å². The first-order valence-corrected chi connectivity index (χ1v) is 6.70. The summed E-state index contributed by atoms with van der Waals surface area (Å²) in [5, 5.41) is 11.2. The van der Waals surface area contributed by atoms with E-state index in [1.165, 1.54) is 0 Å². The van der Waals surface area contributed by atoms with Crippen molar-refractivity contribution >= 4 is 23.2 Å². The molecule has 1 atom stereocenters. The molecule has 0 aliphatic heterocycles. The molecule has 2 nitrogen and oxygen atoms in total. The molecule has 2 aromatic rings. The fourth-order valence-electron chi connectivity index (χ4n) is 1.70. The minimum absolute atomic E-state index is 0.215. The Bertz CT molecular complexity index is 526. The lowest BCUT2D eigenvalue weighted by atomic mass is 10.1. The van der Waals surface area contributed by atoms with Crippen LogP contribution >= 0.6 is 23.2 Å². The fraction of sp³-hybridized carbons (Fsp3) is 0.200. The highest BCUT2D eigenvalue weighted by Crippen LogP contribution is 2.18. The maximum atomic E-state index is 9.93. The van der Waals surface area contributed by atoms with E-state index in [-0.39, 0.29) is 6.61 Å². The van der Waals surface area contributed by atoms with Crippen molar-refractivity contribution in [3.63, 3.8) is 0 Å². The summed E-state index contributed by atoms with van der Waals surface area (Å²) in [6, 6.07) is 14.5. The third kappa shape index (κ3) is 4.43. The smallest absolute Gasteiger partial charge is 0.119 e. The molecule has 0 saturated heterocycles. The first kappa shape index (κ1) is 14.2. The van der Waals surface area contributed by atoms with E-state index in [2.05, 4.69) is 0 Å². The van der Waals surface area contributed by atoms with Crippen LogP contribution in [0.4, 0.5) is 0 Å². The standard InChI is InChI=1S/C15H14Cl2O2/c16-12-5-7-14(8-6-12)19-10-13(18)9-11-3-1-2-4-15(11)17/h1-8,13,18H,9-10H2. The van der Waals surface area contributed by atoms with E-state index in [0.717, 1.165) is 5.56 Å². The molecule has 0 saturated carbocycles. The second-order valence-corrected chi connectivity index (χ2v) is 5.06. The Labute approximate surface area is 122 Å². The molecule has 2 aromatic carbocycles. The van der Waals surface area contributed by atoms with Gasteiger partial charge >= 0.3 is 0 Å². The Hall–Kier alpha value is -1.22. The van der Waals surface area contributed by atoms with Gasteiger partial charge in [0.1, 0.15) is 12.4 Å². The van der Waals surface area contributed by atoms with Crippen LogP contribution in [0.3, 0.4) is 0 Å². The van der Waals surface area contributed by atoms with Gasteiger partial charge < -0.3 is 9.84 Å². The Morgan fingerprint density at radius 1 is 1.00 bits per heavy atom. The van der Waals surface area contributed by atoms with E-state index in [4.69, 9.17) is 27.9 Å². The summed E-state index contributed by atoms with van der Waals surface area (Å²) in [4.78, 5) is 0. The molecule has 0 aliphatic rings. The molecule has 1 N–H and O–H groups in total. The van der Waals surface area contributed by atoms with E-state index < -0.39 is 6.10 Å². The van der Waals surface area contributed by atoms with Gasteiger partial charge in [-0.25, -0.2) is 0 Å². The summed E-state index contributed by atoms with van der Waals surface area (Å²) in [7, 11) is 0. The Morgan fingerprint density at radius 2 is 1.68 bits per heavy atom. The first-order chi connectivity index (χ1) is 9.15. The molecule has 0 bridgehead atoms. The molecule has 0 spiro atoms. The van der Waals surface area contributed by atoms with Gasteiger partial charge in [-0.1, -0.05) is 41.4 Å². The zero-order valence-electron chi connectivity index (χ0n) is 10.2. The molecule has 4 heteroatoms. The van der Waals surface area contributed by atoms with Crippen molar-refractivity contribution in [2.45, 2.75) is 12.5 Å². The van der Waals surface area contributed by atoms with Crippen molar-refractivity contribution in [1.29, 1.82) is 0 Å². The minimum Gasteiger partial charge on any atom is -0.491 e. The van der Waals surface area contributed by atoms with E-state index >= 15 is 0 Å². The predicted molar refractivity (Wildman–Crippen MR) is 78.1 cm³/mol. The third-order valence-electron chi connectivity index (χ3n) is 2.67. The number of hydrogen-bond acceptors (Lipinski definition) is 2. The molecule has 0 aliphatic carbocycles. The molecule has 100 valence electrons. The molecule has 0 heterocycles. The molecule has 0 radical (unpaired) electrons. The number of aliphatic hydroxyl groups is 1. The molecule has 0 amide bonds. The Kier molecular flexibility index (Phi) is 5.08. The summed E-state index contributed by atoms with van der Waals surface area (Å²) < 4.78 is 5.48. The van der Waals surface area contributed by atoms with Crippen LogP contribution in [0.2, 0.25) is 10.0 Å². The van der Waals surface area contributed by atoms with Crippen LogP contribution in [0, 0.1) is 0 Å². The van der Waals surface area contributed by atoms with Gasteiger partial charge in [-0.05, 0) is 35.9 Å². The van der Waals surface area contributed by atoms with Gasteiger partial charge in [-0.2, -0.15) is 0 Å². The van der Waals surface area contributed by atoms with E-state index in [0.29, 0.717) is 22.2 Å². The zero-order chi connectivity index (χ0) is 13.7. The molecule has 19 heavy (non-hydrogen) atoms. The number of hydrogen-bond donors (Lipinski definition) is 1. The van der Waals surface area contributed by atoms with Crippen LogP contribution in [0.25, 0.3) is 0 Å². The third-order valence-corrected chi connectivity index (χ3v) is 3.29. The second kappa shape index (κ2) is 6.80. The molecule has 0 fully saturated rings. The topological polar surface area (TPSA) is 29.5 Å². The van der Waals surface area contributed by atoms with Gasteiger partial charge in [0, 0.05) is 16.5 Å². The predicted octanol–water partition coefficient (Wildman–Crippen LogP) is 3.98. The number of ether oxygens (including phenoxy) is 1. The van der Waals surface area contributed by atoms with Crippen LogP contribution in [0.15, 0.2) is 48.5 Å². The minimum atomic E-state index is -0.601. The van der Waals surface area contributed by atoms with Crippen molar-refractivity contribution in [3.8, 4) is 5.75 Å². The average Bonchev–Trinajstić information content (AvgIpc) is 2.41. The lowest BCUT2D eigenvalue weighted by molar-refractivity contribution is 0.108. The van der Waals surface area contributed by atoms with Crippen molar-refractivity contribution in [2.24, 2.45) is 0 Å². The normalized spacial score (nSPS) is 12.2. The van der Waals surface area contributed by atoms with Crippen LogP contribution < -0.4 is 4.74 Å². The van der Waals surface area contributed by atoms with Gasteiger partial charge in [0.2, 0.25) is 0 Å². The second-order valence-electron chi connectivity index (χ2n) is 4.21. The Morgan fingerprint density at radius 3 is 2.37 bits per heavy atom. The van der Waals surface area contributed by atoms with Crippen LogP contribution in [-0.2, 0) is 6.42 Å². The quantitative estimate of drug-likeness (QED) is 0.904. The summed E-state index contributed by atoms with van der Waals surface area (Å²) >= 11 is 11.8. The maximum absolute atomic E-state index is 9.93. The van der Waals surface area contributed by atoms with Gasteiger partial charge in [0.05, 0.1) is 6.10 Å². The highest BCUT2D eigenvalue weighted by molar-refractivity contribution is 6.31. The van der Waals surface area contributed by atoms with Gasteiger partial charge in [0.15, 0.2) is 0 Å². The van der Waals surface area contributed by atoms with Crippen molar-refractivity contribution < 1.29 is 9.84 Å². The van der Waals surface area contributed by atoms with Gasteiger partial charge in [-0.3, -0.25) is 0 Å². The average molecular weight is 297 g/mol. The van der Waals surface area contributed by atoms with Crippen molar-refractivity contribution in [1.82, 2.24) is 0 Å². The SMILES string of the molecule is OC(COc1ccc(Cl)cc1)Cc1ccccc1Cl. The summed E-state index contributed by atoms with van der Waals surface area (Å²) in [6.45, 7) is 0.215. The molecule has 1 unspecified atom stereocenters. The van der Waals surface area contributed by atoms with Crippen LogP contribution in [0.5, 0.6) is 5.75 Å². The summed E-state index contributed by atoms with van der Waals surface area (Å²) in [5.41, 5.74) is 0.913. The molecular weight excluding hydrogens is 283 g/mol. The largest absolute Gasteiger partial charge is 0.491 e. The monoisotopic (exact) mass is 296 g/mol. The van der Waals surface area contributed by atoms with E-state index in [1.807, 2.05) is 24.3 Å². The molecule has 0 aromatic heterocycles. The van der Waals surface area contributed by atoms with E-state index in [1.54, 1.807) is 24.3 Å². The van der Waals surface area contributed by atoms with Crippen LogP contribution in [0.1, 0.15) is 5.56 Å². The van der Waals surface area contributed by atoms with Crippen molar-refractivity contribution in [3.05, 3.63) is 64.1 Å².